The molecule has 2 aromatic rings. The third-order valence-corrected chi connectivity index (χ3v) is 4.27. The van der Waals surface area contributed by atoms with Gasteiger partial charge in [0.1, 0.15) is 0 Å². The van der Waals surface area contributed by atoms with E-state index in [4.69, 9.17) is 0 Å². The van der Waals surface area contributed by atoms with E-state index in [0.717, 1.165) is 6.54 Å². The molecule has 4 heteroatoms. The first-order valence-electron chi connectivity index (χ1n) is 5.85. The van der Waals surface area contributed by atoms with Crippen molar-refractivity contribution in [3.05, 3.63) is 58.3 Å². The van der Waals surface area contributed by atoms with Crippen LogP contribution in [-0.4, -0.2) is 16.2 Å². The van der Waals surface area contributed by atoms with Crippen molar-refractivity contribution in [3.8, 4) is 0 Å². The predicted molar refractivity (Wildman–Crippen MR) is 79.3 cm³/mol. The zero-order chi connectivity index (χ0) is 12.8. The molecule has 0 aliphatic rings. The lowest BCUT2D eigenvalue weighted by Crippen LogP contribution is -2.25. The number of rotatable bonds is 6. The van der Waals surface area contributed by atoms with Gasteiger partial charge in [-0.2, -0.15) is 11.3 Å². The molecule has 0 saturated carbocycles. The maximum absolute atomic E-state index is 11.5. The van der Waals surface area contributed by atoms with Crippen molar-refractivity contribution in [3.63, 3.8) is 0 Å². The van der Waals surface area contributed by atoms with E-state index in [0.29, 0.717) is 5.75 Å². The van der Waals surface area contributed by atoms with Gasteiger partial charge in [0.25, 0.3) is 0 Å². The fraction of sp³-hybridized carbons (Fsp3) is 0.286. The molecule has 0 spiro atoms. The molecule has 0 fully saturated rings. The van der Waals surface area contributed by atoms with E-state index in [1.165, 1.54) is 11.1 Å². The first-order valence-corrected chi connectivity index (χ1v) is 8.52. The summed E-state index contributed by atoms with van der Waals surface area (Å²) in [7, 11) is -0.804. The predicted octanol–water partition coefficient (Wildman–Crippen LogP) is 2.96. The van der Waals surface area contributed by atoms with Crippen molar-refractivity contribution in [1.82, 2.24) is 5.32 Å². The van der Waals surface area contributed by atoms with Crippen LogP contribution < -0.4 is 5.32 Å². The molecule has 0 aliphatic carbocycles. The first kappa shape index (κ1) is 13.5. The highest BCUT2D eigenvalue weighted by molar-refractivity contribution is 7.84. The zero-order valence-corrected chi connectivity index (χ0v) is 12.0. The monoisotopic (exact) mass is 279 g/mol. The summed E-state index contributed by atoms with van der Waals surface area (Å²) in [6.45, 7) is 0.820. The summed E-state index contributed by atoms with van der Waals surface area (Å²) in [6.07, 6.45) is 1.75. The molecule has 2 nitrogen and oxygen atoms in total. The van der Waals surface area contributed by atoms with E-state index in [9.17, 15) is 4.21 Å². The smallest absolute Gasteiger partial charge is 0.0439 e. The molecule has 0 bridgehead atoms. The van der Waals surface area contributed by atoms with Crippen molar-refractivity contribution in [2.45, 2.75) is 12.6 Å². The van der Waals surface area contributed by atoms with Crippen LogP contribution in [0.1, 0.15) is 17.2 Å². The Balaban J connectivity index is 2.03. The average molecular weight is 279 g/mol. The van der Waals surface area contributed by atoms with Gasteiger partial charge in [0.15, 0.2) is 0 Å². The van der Waals surface area contributed by atoms with Crippen molar-refractivity contribution in [1.29, 1.82) is 0 Å². The summed E-state index contributed by atoms with van der Waals surface area (Å²) in [5, 5.41) is 7.70. The summed E-state index contributed by atoms with van der Waals surface area (Å²) in [5.41, 5.74) is 2.48. The maximum Gasteiger partial charge on any atom is 0.0439 e. The molecule has 0 unspecified atom stereocenters. The van der Waals surface area contributed by atoms with Crippen LogP contribution in [0.5, 0.6) is 0 Å². The second kappa shape index (κ2) is 6.83. The quantitative estimate of drug-likeness (QED) is 0.881. The largest absolute Gasteiger partial charge is 0.305 e. The van der Waals surface area contributed by atoms with Crippen molar-refractivity contribution in [2.75, 3.05) is 12.0 Å². The number of hydrogen-bond donors (Lipinski definition) is 1. The molecular formula is C14H17NOS2. The van der Waals surface area contributed by atoms with Crippen molar-refractivity contribution in [2.24, 2.45) is 0 Å². The third-order valence-electron chi connectivity index (χ3n) is 2.74. The normalized spacial score (nSPS) is 14.3. The average Bonchev–Trinajstić information content (AvgIpc) is 2.88. The minimum atomic E-state index is -0.804. The Bertz CT molecular complexity index is 482. The molecule has 96 valence electrons. The number of benzene rings is 1. The maximum atomic E-state index is 11.5. The van der Waals surface area contributed by atoms with Gasteiger partial charge in [0, 0.05) is 35.4 Å². The van der Waals surface area contributed by atoms with E-state index in [1.807, 2.05) is 18.2 Å². The van der Waals surface area contributed by atoms with Crippen LogP contribution in [0, 0.1) is 0 Å². The van der Waals surface area contributed by atoms with Crippen LogP contribution in [-0.2, 0) is 17.3 Å². The Morgan fingerprint density at radius 1 is 1.28 bits per heavy atom. The van der Waals surface area contributed by atoms with Crippen molar-refractivity contribution >= 4 is 22.1 Å². The van der Waals surface area contributed by atoms with Crippen LogP contribution in [0.15, 0.2) is 47.2 Å². The lowest BCUT2D eigenvalue weighted by Gasteiger charge is -2.17. The van der Waals surface area contributed by atoms with E-state index >= 15 is 0 Å². The van der Waals surface area contributed by atoms with Crippen molar-refractivity contribution < 1.29 is 4.21 Å². The fourth-order valence-electron chi connectivity index (χ4n) is 1.83. The molecule has 2 rings (SSSR count). The Morgan fingerprint density at radius 3 is 2.67 bits per heavy atom. The zero-order valence-electron chi connectivity index (χ0n) is 10.3. The molecule has 1 aromatic heterocycles. The molecular weight excluding hydrogens is 262 g/mol. The van der Waals surface area contributed by atoms with Crippen LogP contribution >= 0.6 is 11.3 Å². The van der Waals surface area contributed by atoms with E-state index in [-0.39, 0.29) is 6.04 Å². The van der Waals surface area contributed by atoms with Gasteiger partial charge in [-0.05, 0) is 28.0 Å². The summed E-state index contributed by atoms with van der Waals surface area (Å²) in [6, 6.07) is 12.5. The van der Waals surface area contributed by atoms with Crippen LogP contribution in [0.25, 0.3) is 0 Å². The standard InChI is InChI=1S/C14H17NOS2/c1-18(16)11-14(13-5-3-2-4-6-13)15-9-12-7-8-17-10-12/h2-8,10,14-15H,9,11H2,1H3/t14-,18-/m1/s1. The minimum absolute atomic E-state index is 0.150. The topological polar surface area (TPSA) is 29.1 Å². The molecule has 0 aliphatic heterocycles. The van der Waals surface area contributed by atoms with Gasteiger partial charge in [-0.15, -0.1) is 0 Å². The molecule has 0 radical (unpaired) electrons. The minimum Gasteiger partial charge on any atom is -0.305 e. The highest BCUT2D eigenvalue weighted by atomic mass is 32.2. The van der Waals surface area contributed by atoms with Crippen LogP contribution in [0.4, 0.5) is 0 Å². The summed E-state index contributed by atoms with van der Waals surface area (Å²) < 4.78 is 11.5. The van der Waals surface area contributed by atoms with E-state index < -0.39 is 10.8 Å². The molecule has 1 heterocycles. The first-order chi connectivity index (χ1) is 8.75. The lowest BCUT2D eigenvalue weighted by molar-refractivity contribution is 0.575. The van der Waals surface area contributed by atoms with Gasteiger partial charge >= 0.3 is 0 Å². The summed E-state index contributed by atoms with van der Waals surface area (Å²) in [4.78, 5) is 0. The Labute approximate surface area is 115 Å². The number of nitrogens with one attached hydrogen (secondary N) is 1. The molecule has 0 amide bonds. The highest BCUT2D eigenvalue weighted by Crippen LogP contribution is 2.15. The van der Waals surface area contributed by atoms with E-state index in [1.54, 1.807) is 17.6 Å². The second-order valence-electron chi connectivity index (χ2n) is 4.22. The van der Waals surface area contributed by atoms with Gasteiger partial charge in [0.05, 0.1) is 0 Å². The fourth-order valence-corrected chi connectivity index (χ4v) is 3.28. The highest BCUT2D eigenvalue weighted by Gasteiger charge is 2.12. The number of hydrogen-bond acceptors (Lipinski definition) is 3. The molecule has 1 aromatic carbocycles. The summed E-state index contributed by atoms with van der Waals surface area (Å²) >= 11 is 1.70. The summed E-state index contributed by atoms with van der Waals surface area (Å²) in [5.74, 6) is 0.647. The van der Waals surface area contributed by atoms with Crippen LogP contribution in [0.3, 0.4) is 0 Å². The molecule has 18 heavy (non-hydrogen) atoms. The van der Waals surface area contributed by atoms with Gasteiger partial charge in [-0.3, -0.25) is 4.21 Å². The second-order valence-corrected chi connectivity index (χ2v) is 6.48. The van der Waals surface area contributed by atoms with Gasteiger partial charge in [0.2, 0.25) is 0 Å². The van der Waals surface area contributed by atoms with E-state index in [2.05, 4.69) is 34.3 Å². The van der Waals surface area contributed by atoms with Gasteiger partial charge < -0.3 is 5.32 Å². The third kappa shape index (κ3) is 4.05. The Morgan fingerprint density at radius 2 is 2.06 bits per heavy atom. The van der Waals surface area contributed by atoms with Crippen LogP contribution in [0.2, 0.25) is 0 Å². The molecule has 2 atom stereocenters. The SMILES string of the molecule is C[S@@](=O)C[C@@H](NCc1ccsc1)c1ccccc1. The Kier molecular flexibility index (Phi) is 5.11. The Hall–Kier alpha value is -0.970. The van der Waals surface area contributed by atoms with Gasteiger partial charge in [-0.1, -0.05) is 30.3 Å². The van der Waals surface area contributed by atoms with Gasteiger partial charge in [-0.25, -0.2) is 0 Å². The lowest BCUT2D eigenvalue weighted by atomic mass is 10.1. The number of thiophene rings is 1. The molecule has 0 saturated heterocycles. The molecule has 1 N–H and O–H groups in total.